The Morgan fingerprint density at radius 3 is 2.56 bits per heavy atom. The molecule has 0 saturated carbocycles. The number of carbonyl (C=O) groups excluding carboxylic acids is 1. The lowest BCUT2D eigenvalue weighted by molar-refractivity contribution is 0.103. The Labute approximate surface area is 159 Å². The number of unbranched alkanes of at least 4 members (excludes halogenated alkanes) is 1. The summed E-state index contributed by atoms with van der Waals surface area (Å²) in [5.74, 6) is 1.32. The highest BCUT2D eigenvalue weighted by molar-refractivity contribution is 6.17. The number of hydrogen-bond donors (Lipinski definition) is 1. The molecule has 0 aliphatic rings. The van der Waals surface area contributed by atoms with E-state index in [9.17, 15) is 9.90 Å². The number of phenolic OH excluding ortho intramolecular Hbond substituents is 1. The summed E-state index contributed by atoms with van der Waals surface area (Å²) in [5.41, 5.74) is 4.24. The van der Waals surface area contributed by atoms with E-state index >= 15 is 0 Å². The lowest BCUT2D eigenvalue weighted by Crippen LogP contribution is -2.06. The van der Waals surface area contributed by atoms with Crippen molar-refractivity contribution in [3.63, 3.8) is 0 Å². The van der Waals surface area contributed by atoms with Crippen molar-refractivity contribution in [2.24, 2.45) is 0 Å². The highest BCUT2D eigenvalue weighted by Crippen LogP contribution is 2.37. The topological polar surface area (TPSA) is 59.7 Å². The van der Waals surface area contributed by atoms with Gasteiger partial charge in [-0.25, -0.2) is 0 Å². The first-order valence-electron chi connectivity index (χ1n) is 9.32. The third-order valence-electron chi connectivity index (χ3n) is 5.19. The summed E-state index contributed by atoms with van der Waals surface area (Å²) in [7, 11) is 1.61. The maximum absolute atomic E-state index is 13.4. The zero-order chi connectivity index (χ0) is 19.7. The Balaban J connectivity index is 2.21. The van der Waals surface area contributed by atoms with Crippen LogP contribution in [-0.2, 0) is 6.42 Å². The van der Waals surface area contributed by atoms with E-state index in [1.54, 1.807) is 13.2 Å². The highest BCUT2D eigenvalue weighted by atomic mass is 16.5. The van der Waals surface area contributed by atoms with Crippen molar-refractivity contribution in [2.75, 3.05) is 7.11 Å². The predicted molar refractivity (Wildman–Crippen MR) is 107 cm³/mol. The molecular weight excluding hydrogens is 340 g/mol. The average molecular weight is 366 g/mol. The molecular formula is C23H26O4. The van der Waals surface area contributed by atoms with Gasteiger partial charge < -0.3 is 14.3 Å². The SMILES string of the molecule is CCCCc1oc2c(O)c(C)ccc2c1C(=O)c1cc(C)c(C)c(OC)c1. The van der Waals surface area contributed by atoms with Crippen LogP contribution in [0.25, 0.3) is 11.0 Å². The smallest absolute Gasteiger partial charge is 0.197 e. The number of rotatable bonds is 6. The van der Waals surface area contributed by atoms with Gasteiger partial charge in [0, 0.05) is 17.4 Å². The molecule has 0 aliphatic heterocycles. The van der Waals surface area contributed by atoms with Gasteiger partial charge in [-0.05, 0) is 62.1 Å². The summed E-state index contributed by atoms with van der Waals surface area (Å²) in [6.07, 6.45) is 2.57. The molecule has 3 rings (SSSR count). The lowest BCUT2D eigenvalue weighted by atomic mass is 9.95. The van der Waals surface area contributed by atoms with Crippen LogP contribution in [0, 0.1) is 20.8 Å². The molecule has 0 spiro atoms. The van der Waals surface area contributed by atoms with Crippen molar-refractivity contribution in [3.8, 4) is 11.5 Å². The van der Waals surface area contributed by atoms with Gasteiger partial charge in [0.05, 0.1) is 12.7 Å². The fourth-order valence-electron chi connectivity index (χ4n) is 3.37. The van der Waals surface area contributed by atoms with Gasteiger partial charge in [-0.3, -0.25) is 4.79 Å². The Morgan fingerprint density at radius 2 is 1.89 bits per heavy atom. The van der Waals surface area contributed by atoms with Crippen molar-refractivity contribution >= 4 is 16.8 Å². The molecule has 2 aromatic carbocycles. The quantitative estimate of drug-likeness (QED) is 0.573. The first kappa shape index (κ1) is 19.0. The van der Waals surface area contributed by atoms with Crippen LogP contribution < -0.4 is 4.74 Å². The van der Waals surface area contributed by atoms with E-state index < -0.39 is 0 Å². The van der Waals surface area contributed by atoms with E-state index in [2.05, 4.69) is 6.92 Å². The fraction of sp³-hybridized carbons (Fsp3) is 0.348. The minimum atomic E-state index is -0.107. The van der Waals surface area contributed by atoms with Crippen molar-refractivity contribution in [1.29, 1.82) is 0 Å². The molecule has 3 aromatic rings. The molecule has 1 heterocycles. The Bertz CT molecular complexity index is 1010. The summed E-state index contributed by atoms with van der Waals surface area (Å²) in [6, 6.07) is 7.33. The molecule has 1 N–H and O–H groups in total. The number of ether oxygens (including phenoxy) is 1. The summed E-state index contributed by atoms with van der Waals surface area (Å²) in [4.78, 5) is 13.4. The molecule has 0 bridgehead atoms. The number of aromatic hydroxyl groups is 1. The van der Waals surface area contributed by atoms with E-state index in [1.807, 2.05) is 39.0 Å². The van der Waals surface area contributed by atoms with Gasteiger partial charge >= 0.3 is 0 Å². The zero-order valence-corrected chi connectivity index (χ0v) is 16.6. The summed E-state index contributed by atoms with van der Waals surface area (Å²) < 4.78 is 11.4. The van der Waals surface area contributed by atoms with Gasteiger partial charge in [-0.2, -0.15) is 0 Å². The van der Waals surface area contributed by atoms with Crippen LogP contribution in [0.15, 0.2) is 28.7 Å². The molecule has 0 radical (unpaired) electrons. The molecule has 0 aliphatic carbocycles. The molecule has 0 unspecified atom stereocenters. The first-order valence-corrected chi connectivity index (χ1v) is 9.32. The Morgan fingerprint density at radius 1 is 1.15 bits per heavy atom. The second-order valence-corrected chi connectivity index (χ2v) is 7.06. The van der Waals surface area contributed by atoms with Crippen LogP contribution in [0.1, 0.15) is 58.1 Å². The Kier molecular flexibility index (Phi) is 5.26. The number of aryl methyl sites for hydroxylation is 3. The lowest BCUT2D eigenvalue weighted by Gasteiger charge is -2.11. The average Bonchev–Trinajstić information content (AvgIpc) is 3.03. The van der Waals surface area contributed by atoms with E-state index in [4.69, 9.17) is 9.15 Å². The number of furan rings is 1. The number of carbonyl (C=O) groups is 1. The van der Waals surface area contributed by atoms with E-state index in [1.165, 1.54) is 0 Å². The van der Waals surface area contributed by atoms with Gasteiger partial charge in [0.25, 0.3) is 0 Å². The largest absolute Gasteiger partial charge is 0.504 e. The third kappa shape index (κ3) is 3.32. The molecule has 0 amide bonds. The van der Waals surface area contributed by atoms with Gasteiger partial charge in [-0.1, -0.05) is 19.4 Å². The number of phenols is 1. The molecule has 4 heteroatoms. The monoisotopic (exact) mass is 366 g/mol. The second kappa shape index (κ2) is 7.47. The van der Waals surface area contributed by atoms with Crippen LogP contribution in [0.3, 0.4) is 0 Å². The molecule has 0 saturated heterocycles. The van der Waals surface area contributed by atoms with Gasteiger partial charge in [0.1, 0.15) is 11.5 Å². The molecule has 0 fully saturated rings. The van der Waals surface area contributed by atoms with E-state index in [0.29, 0.717) is 40.0 Å². The van der Waals surface area contributed by atoms with Gasteiger partial charge in [0.2, 0.25) is 0 Å². The number of benzene rings is 2. The normalized spacial score (nSPS) is 11.1. The van der Waals surface area contributed by atoms with Gasteiger partial charge in [-0.15, -0.1) is 0 Å². The molecule has 1 aromatic heterocycles. The first-order chi connectivity index (χ1) is 12.9. The third-order valence-corrected chi connectivity index (χ3v) is 5.19. The molecule has 4 nitrogen and oxygen atoms in total. The minimum absolute atomic E-state index is 0.0990. The number of fused-ring (bicyclic) bond motifs is 1. The maximum atomic E-state index is 13.4. The van der Waals surface area contributed by atoms with E-state index in [-0.39, 0.29) is 11.5 Å². The predicted octanol–water partition coefficient (Wildman–Crippen LogP) is 5.65. The van der Waals surface area contributed by atoms with Gasteiger partial charge in [0.15, 0.2) is 17.1 Å². The van der Waals surface area contributed by atoms with Crippen LogP contribution in [0.4, 0.5) is 0 Å². The summed E-state index contributed by atoms with van der Waals surface area (Å²) in [6.45, 7) is 7.86. The second-order valence-electron chi connectivity index (χ2n) is 7.06. The number of hydrogen-bond acceptors (Lipinski definition) is 4. The molecule has 142 valence electrons. The van der Waals surface area contributed by atoms with Crippen LogP contribution >= 0.6 is 0 Å². The molecule has 27 heavy (non-hydrogen) atoms. The van der Waals surface area contributed by atoms with E-state index in [0.717, 1.165) is 29.5 Å². The van der Waals surface area contributed by atoms with Crippen LogP contribution in [-0.4, -0.2) is 18.0 Å². The zero-order valence-electron chi connectivity index (χ0n) is 16.6. The number of ketones is 1. The molecule has 0 atom stereocenters. The van der Waals surface area contributed by atoms with Crippen LogP contribution in [0.5, 0.6) is 11.5 Å². The Hall–Kier alpha value is -2.75. The number of methoxy groups -OCH3 is 1. The fourth-order valence-corrected chi connectivity index (χ4v) is 3.37. The maximum Gasteiger partial charge on any atom is 0.197 e. The van der Waals surface area contributed by atoms with Crippen molar-refractivity contribution in [1.82, 2.24) is 0 Å². The van der Waals surface area contributed by atoms with Crippen molar-refractivity contribution in [3.05, 3.63) is 57.8 Å². The van der Waals surface area contributed by atoms with Crippen LogP contribution in [0.2, 0.25) is 0 Å². The van der Waals surface area contributed by atoms with Crippen molar-refractivity contribution < 1.29 is 19.1 Å². The standard InChI is InChI=1S/C23H26O4/c1-6-7-8-18-20(17-10-9-13(2)21(24)23(17)27-18)22(25)16-11-14(3)15(4)19(12-16)26-5/h9-12,24H,6-8H2,1-5H3. The summed E-state index contributed by atoms with van der Waals surface area (Å²) in [5, 5.41) is 11.1. The summed E-state index contributed by atoms with van der Waals surface area (Å²) >= 11 is 0. The highest BCUT2D eigenvalue weighted by Gasteiger charge is 2.24. The minimum Gasteiger partial charge on any atom is -0.504 e. The van der Waals surface area contributed by atoms with Crippen molar-refractivity contribution in [2.45, 2.75) is 47.0 Å².